The molecular weight excluding hydrogens is 396 g/mol. The highest BCUT2D eigenvalue weighted by Gasteiger charge is 2.19. The number of nitrogens with zero attached hydrogens (tertiary/aromatic N) is 1. The number of carbonyl (C=O) groups excluding carboxylic acids is 3. The van der Waals surface area contributed by atoms with Crippen LogP contribution in [-0.4, -0.2) is 51.1 Å². The maximum atomic E-state index is 12.2. The molecule has 29 heavy (non-hydrogen) atoms. The molecule has 0 bridgehead atoms. The molecule has 0 radical (unpaired) electrons. The van der Waals surface area contributed by atoms with E-state index < -0.39 is 34.3 Å². The Hall–Kier alpha value is -3.24. The van der Waals surface area contributed by atoms with Crippen molar-refractivity contribution in [1.82, 2.24) is 20.5 Å². The fourth-order valence-electron chi connectivity index (χ4n) is 2.34. The third kappa shape index (κ3) is 5.62. The van der Waals surface area contributed by atoms with Gasteiger partial charge in [-0.3, -0.25) is 25.2 Å². The summed E-state index contributed by atoms with van der Waals surface area (Å²) in [5.74, 6) is -1.75. The number of hydrazine groups is 1. The van der Waals surface area contributed by atoms with E-state index in [4.69, 9.17) is 0 Å². The molecule has 3 amide bonds. The monoisotopic (exact) mass is 418 g/mol. The molecule has 0 spiro atoms. The van der Waals surface area contributed by atoms with Gasteiger partial charge in [0.2, 0.25) is 10.0 Å². The fraction of sp³-hybridized carbons (Fsp3) is 0.211. The van der Waals surface area contributed by atoms with Crippen molar-refractivity contribution in [3.8, 4) is 0 Å². The van der Waals surface area contributed by atoms with Gasteiger partial charge in [0, 0.05) is 25.2 Å². The SMILES string of the molecule is Cc1ccccc1C(=O)NNC(=O)CNC(=O)c1cccc(S(=O)(=O)N(C)C)c1. The summed E-state index contributed by atoms with van der Waals surface area (Å²) in [7, 11) is -0.913. The fourth-order valence-corrected chi connectivity index (χ4v) is 3.28. The highest BCUT2D eigenvalue weighted by molar-refractivity contribution is 7.89. The Kier molecular flexibility index (Phi) is 7.08. The van der Waals surface area contributed by atoms with Crippen molar-refractivity contribution in [2.24, 2.45) is 0 Å². The van der Waals surface area contributed by atoms with Crippen LogP contribution in [0.15, 0.2) is 53.4 Å². The van der Waals surface area contributed by atoms with E-state index in [1.54, 1.807) is 31.2 Å². The van der Waals surface area contributed by atoms with Crippen LogP contribution in [0.25, 0.3) is 0 Å². The molecule has 9 nitrogen and oxygen atoms in total. The van der Waals surface area contributed by atoms with Gasteiger partial charge in [-0.25, -0.2) is 12.7 Å². The highest BCUT2D eigenvalue weighted by atomic mass is 32.2. The second-order valence-corrected chi connectivity index (χ2v) is 8.47. The minimum atomic E-state index is -3.69. The van der Waals surface area contributed by atoms with Gasteiger partial charge >= 0.3 is 0 Å². The van der Waals surface area contributed by atoms with Crippen molar-refractivity contribution in [2.45, 2.75) is 11.8 Å². The van der Waals surface area contributed by atoms with Gasteiger partial charge in [0.15, 0.2) is 0 Å². The summed E-state index contributed by atoms with van der Waals surface area (Å²) >= 11 is 0. The van der Waals surface area contributed by atoms with E-state index in [0.29, 0.717) is 5.56 Å². The molecule has 0 aliphatic heterocycles. The van der Waals surface area contributed by atoms with Gasteiger partial charge in [0.05, 0.1) is 11.4 Å². The van der Waals surface area contributed by atoms with Gasteiger partial charge in [0.25, 0.3) is 17.7 Å². The van der Waals surface area contributed by atoms with Crippen LogP contribution in [0.3, 0.4) is 0 Å². The van der Waals surface area contributed by atoms with Gasteiger partial charge in [-0.05, 0) is 36.8 Å². The van der Waals surface area contributed by atoms with Crippen LogP contribution in [0.5, 0.6) is 0 Å². The first kappa shape index (κ1) is 22.1. The van der Waals surface area contributed by atoms with E-state index in [-0.39, 0.29) is 10.5 Å². The summed E-state index contributed by atoms with van der Waals surface area (Å²) in [6.45, 7) is 1.36. The smallest absolute Gasteiger partial charge is 0.269 e. The summed E-state index contributed by atoms with van der Waals surface area (Å²) in [6, 6.07) is 12.3. The maximum absolute atomic E-state index is 12.2. The molecule has 0 saturated heterocycles. The molecular formula is C19H22N4O5S. The number of aryl methyl sites for hydroxylation is 1. The quantitative estimate of drug-likeness (QED) is 0.587. The molecule has 0 heterocycles. The molecule has 0 fully saturated rings. The summed E-state index contributed by atoms with van der Waals surface area (Å²) in [6.07, 6.45) is 0. The van der Waals surface area contributed by atoms with Crippen molar-refractivity contribution >= 4 is 27.7 Å². The molecule has 2 rings (SSSR count). The molecule has 0 unspecified atom stereocenters. The van der Waals surface area contributed by atoms with Crippen LogP contribution in [0.2, 0.25) is 0 Å². The van der Waals surface area contributed by atoms with Crippen LogP contribution in [0, 0.1) is 6.92 Å². The zero-order valence-electron chi connectivity index (χ0n) is 16.2. The lowest BCUT2D eigenvalue weighted by atomic mass is 10.1. The van der Waals surface area contributed by atoms with E-state index in [1.165, 1.54) is 38.4 Å². The zero-order valence-corrected chi connectivity index (χ0v) is 17.0. The lowest BCUT2D eigenvalue weighted by Crippen LogP contribution is -2.46. The Morgan fingerprint density at radius 1 is 0.931 bits per heavy atom. The van der Waals surface area contributed by atoms with E-state index in [0.717, 1.165) is 9.87 Å². The van der Waals surface area contributed by atoms with Crippen molar-refractivity contribution < 1.29 is 22.8 Å². The normalized spacial score (nSPS) is 11.0. The second kappa shape index (κ2) is 9.30. The molecule has 10 heteroatoms. The van der Waals surface area contributed by atoms with Gasteiger partial charge in [-0.1, -0.05) is 24.3 Å². The van der Waals surface area contributed by atoms with Crippen LogP contribution in [-0.2, 0) is 14.8 Å². The number of amides is 3. The maximum Gasteiger partial charge on any atom is 0.269 e. The highest BCUT2D eigenvalue weighted by Crippen LogP contribution is 2.14. The molecule has 0 aliphatic carbocycles. The number of sulfonamides is 1. The number of benzene rings is 2. The number of carbonyl (C=O) groups is 3. The van der Waals surface area contributed by atoms with Gasteiger partial charge < -0.3 is 5.32 Å². The molecule has 0 aromatic heterocycles. The summed E-state index contributed by atoms with van der Waals surface area (Å²) in [5, 5.41) is 2.37. The minimum Gasteiger partial charge on any atom is -0.343 e. The molecule has 2 aromatic rings. The predicted octanol–water partition coefficient (Wildman–Crippen LogP) is 0.436. The molecule has 2 aromatic carbocycles. The minimum absolute atomic E-state index is 0.0369. The summed E-state index contributed by atoms with van der Waals surface area (Å²) < 4.78 is 25.3. The van der Waals surface area contributed by atoms with Crippen molar-refractivity contribution in [1.29, 1.82) is 0 Å². The first-order chi connectivity index (χ1) is 13.6. The van der Waals surface area contributed by atoms with Crippen LogP contribution >= 0.6 is 0 Å². The van der Waals surface area contributed by atoms with E-state index in [9.17, 15) is 22.8 Å². The Morgan fingerprint density at radius 2 is 1.62 bits per heavy atom. The van der Waals surface area contributed by atoms with Crippen LogP contribution in [0.1, 0.15) is 26.3 Å². The molecule has 0 atom stereocenters. The van der Waals surface area contributed by atoms with Crippen LogP contribution in [0.4, 0.5) is 0 Å². The molecule has 0 saturated carbocycles. The molecule has 0 aliphatic rings. The summed E-state index contributed by atoms with van der Waals surface area (Å²) in [5.41, 5.74) is 5.73. The Balaban J connectivity index is 1.91. The van der Waals surface area contributed by atoms with Crippen LogP contribution < -0.4 is 16.2 Å². The topological polar surface area (TPSA) is 125 Å². The Bertz CT molecular complexity index is 1030. The number of nitrogens with one attached hydrogen (secondary N) is 3. The number of hydrogen-bond donors (Lipinski definition) is 3. The Morgan fingerprint density at radius 3 is 2.28 bits per heavy atom. The molecule has 154 valence electrons. The van der Waals surface area contributed by atoms with E-state index in [2.05, 4.69) is 16.2 Å². The first-order valence-corrected chi connectivity index (χ1v) is 10.0. The first-order valence-electron chi connectivity index (χ1n) is 8.58. The van der Waals surface area contributed by atoms with E-state index >= 15 is 0 Å². The lowest BCUT2D eigenvalue weighted by Gasteiger charge is -2.12. The molecule has 3 N–H and O–H groups in total. The van der Waals surface area contributed by atoms with E-state index in [1.807, 2.05) is 0 Å². The third-order valence-electron chi connectivity index (χ3n) is 3.99. The van der Waals surface area contributed by atoms with Crippen molar-refractivity contribution in [3.05, 3.63) is 65.2 Å². The van der Waals surface area contributed by atoms with Gasteiger partial charge in [0.1, 0.15) is 0 Å². The Labute approximate surface area is 169 Å². The number of rotatable bonds is 6. The summed E-state index contributed by atoms with van der Waals surface area (Å²) in [4.78, 5) is 36.1. The average Bonchev–Trinajstić information content (AvgIpc) is 2.70. The lowest BCUT2D eigenvalue weighted by molar-refractivity contribution is -0.120. The third-order valence-corrected chi connectivity index (χ3v) is 5.80. The predicted molar refractivity (Wildman–Crippen MR) is 106 cm³/mol. The largest absolute Gasteiger partial charge is 0.343 e. The van der Waals surface area contributed by atoms with Crippen molar-refractivity contribution in [2.75, 3.05) is 20.6 Å². The standard InChI is InChI=1S/C19H22N4O5S/c1-13-7-4-5-10-16(13)19(26)22-21-17(24)12-20-18(25)14-8-6-9-15(11-14)29(27,28)23(2)3/h4-11H,12H2,1-3H3,(H,20,25)(H,21,24)(H,22,26). The zero-order chi connectivity index (χ0) is 21.6. The van der Waals surface area contributed by atoms with Gasteiger partial charge in [-0.15, -0.1) is 0 Å². The average molecular weight is 418 g/mol. The number of hydrogen-bond acceptors (Lipinski definition) is 5. The van der Waals surface area contributed by atoms with Crippen molar-refractivity contribution in [3.63, 3.8) is 0 Å². The van der Waals surface area contributed by atoms with Gasteiger partial charge in [-0.2, -0.15) is 0 Å². The second-order valence-electron chi connectivity index (χ2n) is 6.32.